The van der Waals surface area contributed by atoms with Crippen LogP contribution in [0.1, 0.15) is 11.1 Å². The van der Waals surface area contributed by atoms with E-state index in [1.807, 2.05) is 0 Å². The maximum Gasteiger partial charge on any atom is 0.0319 e. The maximum atomic E-state index is 7.00. The first kappa shape index (κ1) is 10.7. The predicted octanol–water partition coefficient (Wildman–Crippen LogP) is 3.07. The quantitative estimate of drug-likeness (QED) is 0.673. The van der Waals surface area contributed by atoms with Crippen LogP contribution in [0.5, 0.6) is 0 Å². The lowest BCUT2D eigenvalue weighted by Crippen LogP contribution is -1.76. The lowest BCUT2D eigenvalue weighted by Gasteiger charge is -1.99. The Bertz CT molecular complexity index is 377. The van der Waals surface area contributed by atoms with Gasteiger partial charge in [-0.2, -0.15) is 0 Å². The van der Waals surface area contributed by atoms with E-state index >= 15 is 0 Å². The van der Waals surface area contributed by atoms with Gasteiger partial charge in [-0.1, -0.05) is 47.5 Å². The Morgan fingerprint density at radius 2 is 1.07 bits per heavy atom. The summed E-state index contributed by atoms with van der Waals surface area (Å²) in [5, 5.41) is 9.67. The van der Waals surface area contributed by atoms with Crippen molar-refractivity contribution in [2.75, 3.05) is 7.11 Å². The van der Waals surface area contributed by atoms with Crippen LogP contribution >= 0.6 is 0 Å². The first-order chi connectivity index (χ1) is 6.75. The Morgan fingerprint density at radius 3 is 1.43 bits per heavy atom. The average Bonchev–Trinajstić information content (AvgIpc) is 2.21. The molecule has 0 heterocycles. The Balaban J connectivity index is 0.000000461. The van der Waals surface area contributed by atoms with Gasteiger partial charge in [0, 0.05) is 7.11 Å². The topological polar surface area (TPSA) is 20.2 Å². The van der Waals surface area contributed by atoms with Crippen LogP contribution in [-0.2, 0) is 0 Å². The van der Waals surface area contributed by atoms with E-state index in [4.69, 9.17) is 5.11 Å². The van der Waals surface area contributed by atoms with Crippen molar-refractivity contribution in [1.82, 2.24) is 0 Å². The van der Waals surface area contributed by atoms with Crippen molar-refractivity contribution in [3.8, 4) is 0 Å². The zero-order chi connectivity index (χ0) is 10.6. The molecule has 1 N–H and O–H groups in total. The second-order valence-corrected chi connectivity index (χ2v) is 3.35. The maximum absolute atomic E-state index is 7.00. The van der Waals surface area contributed by atoms with E-state index in [-0.39, 0.29) is 0 Å². The molecule has 0 atom stereocenters. The molecule has 0 aliphatic heterocycles. The molecule has 14 heavy (non-hydrogen) atoms. The fourth-order valence-electron chi connectivity index (χ4n) is 1.48. The summed E-state index contributed by atoms with van der Waals surface area (Å²) in [7, 11) is 1.00. The van der Waals surface area contributed by atoms with Crippen molar-refractivity contribution in [2.24, 2.45) is 0 Å². The van der Waals surface area contributed by atoms with Gasteiger partial charge in [0.2, 0.25) is 0 Å². The second kappa shape index (κ2) is 4.77. The summed E-state index contributed by atoms with van der Waals surface area (Å²) in [5.41, 5.74) is 2.65. The lowest BCUT2D eigenvalue weighted by atomic mass is 10.1. The summed E-state index contributed by atoms with van der Waals surface area (Å²) >= 11 is 0. The summed E-state index contributed by atoms with van der Waals surface area (Å²) in [4.78, 5) is 0. The fourth-order valence-corrected chi connectivity index (χ4v) is 1.48. The summed E-state index contributed by atoms with van der Waals surface area (Å²) in [6.07, 6.45) is 0. The van der Waals surface area contributed by atoms with Crippen molar-refractivity contribution < 1.29 is 5.11 Å². The minimum atomic E-state index is 1.00. The van der Waals surface area contributed by atoms with Crippen molar-refractivity contribution in [3.63, 3.8) is 0 Å². The number of rotatable bonds is 0. The number of benzene rings is 2. The van der Waals surface area contributed by atoms with Gasteiger partial charge >= 0.3 is 0 Å². The van der Waals surface area contributed by atoms with Gasteiger partial charge in [0.25, 0.3) is 0 Å². The summed E-state index contributed by atoms with van der Waals surface area (Å²) in [5.74, 6) is 0. The monoisotopic (exact) mass is 188 g/mol. The van der Waals surface area contributed by atoms with E-state index in [2.05, 4.69) is 50.2 Å². The molecule has 2 rings (SSSR count). The molecule has 0 aliphatic rings. The van der Waals surface area contributed by atoms with Crippen LogP contribution in [0.3, 0.4) is 0 Å². The van der Waals surface area contributed by atoms with Gasteiger partial charge in [0.15, 0.2) is 0 Å². The third-order valence-electron chi connectivity index (χ3n) is 2.15. The molecule has 0 aromatic heterocycles. The Kier molecular flexibility index (Phi) is 3.66. The van der Waals surface area contributed by atoms with Crippen molar-refractivity contribution in [2.45, 2.75) is 13.8 Å². The van der Waals surface area contributed by atoms with Crippen LogP contribution in [-0.4, -0.2) is 12.2 Å². The van der Waals surface area contributed by atoms with Crippen LogP contribution < -0.4 is 0 Å². The minimum Gasteiger partial charge on any atom is -0.400 e. The van der Waals surface area contributed by atoms with E-state index in [1.54, 1.807) is 0 Å². The number of fused-ring (bicyclic) bond motifs is 1. The zero-order valence-electron chi connectivity index (χ0n) is 8.91. The van der Waals surface area contributed by atoms with Crippen LogP contribution in [0, 0.1) is 13.8 Å². The van der Waals surface area contributed by atoms with Crippen molar-refractivity contribution >= 4 is 10.8 Å². The third kappa shape index (κ3) is 2.33. The molecule has 0 aliphatic carbocycles. The van der Waals surface area contributed by atoms with E-state index in [0.717, 1.165) is 7.11 Å². The molecule has 2 aromatic carbocycles. The van der Waals surface area contributed by atoms with Crippen LogP contribution in [0.25, 0.3) is 10.8 Å². The molecule has 0 amide bonds. The Labute approximate surface area is 85.0 Å². The summed E-state index contributed by atoms with van der Waals surface area (Å²) in [6, 6.07) is 13.1. The van der Waals surface area contributed by atoms with Crippen LogP contribution in [0.15, 0.2) is 36.4 Å². The Hall–Kier alpha value is -1.34. The molecule has 0 fully saturated rings. The molecule has 0 saturated carbocycles. The molecule has 1 nitrogen and oxygen atoms in total. The first-order valence-electron chi connectivity index (χ1n) is 4.67. The highest BCUT2D eigenvalue weighted by molar-refractivity contribution is 5.83. The first-order valence-corrected chi connectivity index (χ1v) is 4.67. The summed E-state index contributed by atoms with van der Waals surface area (Å²) < 4.78 is 0. The number of aryl methyl sites for hydroxylation is 2. The number of hydrogen-bond acceptors (Lipinski definition) is 1. The standard InChI is InChI=1S/C12H12.CH4O/c1-9-3-5-12-8-10(2)4-6-11(12)7-9;1-2/h3-8H,1-2H3;2H,1H3. The molecule has 2 aromatic rings. The van der Waals surface area contributed by atoms with Gasteiger partial charge in [-0.3, -0.25) is 0 Å². The molecule has 0 bridgehead atoms. The van der Waals surface area contributed by atoms with Gasteiger partial charge in [-0.25, -0.2) is 0 Å². The van der Waals surface area contributed by atoms with Crippen LogP contribution in [0.2, 0.25) is 0 Å². The van der Waals surface area contributed by atoms with Crippen LogP contribution in [0.4, 0.5) is 0 Å². The van der Waals surface area contributed by atoms with Gasteiger partial charge in [-0.15, -0.1) is 0 Å². The van der Waals surface area contributed by atoms with E-state index < -0.39 is 0 Å². The highest BCUT2D eigenvalue weighted by Crippen LogP contribution is 2.16. The second-order valence-electron chi connectivity index (χ2n) is 3.35. The fraction of sp³-hybridized carbons (Fsp3) is 0.231. The lowest BCUT2D eigenvalue weighted by molar-refractivity contribution is 0.399. The molecule has 0 unspecified atom stereocenters. The minimum absolute atomic E-state index is 1.00. The highest BCUT2D eigenvalue weighted by Gasteiger charge is 1.92. The van der Waals surface area contributed by atoms with E-state index in [1.165, 1.54) is 21.9 Å². The normalized spacial score (nSPS) is 9.43. The number of hydrogen-bond donors (Lipinski definition) is 1. The predicted molar refractivity (Wildman–Crippen MR) is 61.6 cm³/mol. The van der Waals surface area contributed by atoms with Crippen molar-refractivity contribution in [3.05, 3.63) is 47.5 Å². The summed E-state index contributed by atoms with van der Waals surface area (Å²) in [6.45, 7) is 4.25. The van der Waals surface area contributed by atoms with Gasteiger partial charge in [0.05, 0.1) is 0 Å². The molecule has 0 spiro atoms. The zero-order valence-corrected chi connectivity index (χ0v) is 8.91. The van der Waals surface area contributed by atoms with E-state index in [0.29, 0.717) is 0 Å². The Morgan fingerprint density at radius 1 is 0.714 bits per heavy atom. The molecular weight excluding hydrogens is 172 g/mol. The number of aliphatic hydroxyl groups excluding tert-OH is 1. The molecule has 0 saturated heterocycles. The SMILES string of the molecule is CO.Cc1ccc2cc(C)ccc2c1. The van der Waals surface area contributed by atoms with Gasteiger partial charge in [0.1, 0.15) is 0 Å². The highest BCUT2D eigenvalue weighted by atomic mass is 16.2. The van der Waals surface area contributed by atoms with Gasteiger partial charge in [-0.05, 0) is 24.6 Å². The van der Waals surface area contributed by atoms with E-state index in [9.17, 15) is 0 Å². The molecular formula is C13H16O. The smallest absolute Gasteiger partial charge is 0.0319 e. The molecule has 74 valence electrons. The molecule has 1 heteroatoms. The number of aliphatic hydroxyl groups is 1. The van der Waals surface area contributed by atoms with Crippen molar-refractivity contribution in [1.29, 1.82) is 0 Å². The van der Waals surface area contributed by atoms with Gasteiger partial charge < -0.3 is 5.11 Å². The third-order valence-corrected chi connectivity index (χ3v) is 2.15. The largest absolute Gasteiger partial charge is 0.400 e. The average molecular weight is 188 g/mol. The molecule has 0 radical (unpaired) electrons.